The minimum atomic E-state index is -0.460. The van der Waals surface area contributed by atoms with Gasteiger partial charge in [-0.25, -0.2) is 8.78 Å². The van der Waals surface area contributed by atoms with Crippen LogP contribution in [0.15, 0.2) is 146 Å². The fraction of sp³-hybridized carbons (Fsp3) is 0. The maximum atomic E-state index is 15.2. The highest BCUT2D eigenvalue weighted by molar-refractivity contribution is 6.09. The van der Waals surface area contributed by atoms with E-state index < -0.39 is 11.6 Å². The highest BCUT2D eigenvalue weighted by Crippen LogP contribution is 2.33. The van der Waals surface area contributed by atoms with Gasteiger partial charge in [0, 0.05) is 22.3 Å². The van der Waals surface area contributed by atoms with Gasteiger partial charge in [-0.15, -0.1) is 0 Å². The predicted molar refractivity (Wildman–Crippen MR) is 160 cm³/mol. The molecule has 0 aliphatic rings. The molecule has 0 atom stereocenters. The van der Waals surface area contributed by atoms with Crippen LogP contribution in [-0.4, -0.2) is 5.78 Å². The number of hydrogen-bond acceptors (Lipinski definition) is 3. The molecule has 0 spiro atoms. The number of rotatable bonds is 8. The van der Waals surface area contributed by atoms with Crippen LogP contribution < -0.4 is 9.47 Å². The first-order valence-electron chi connectivity index (χ1n) is 13.4. The van der Waals surface area contributed by atoms with Crippen molar-refractivity contribution < 1.29 is 23.0 Å². The molecule has 5 heteroatoms. The van der Waals surface area contributed by atoms with E-state index in [-0.39, 0.29) is 17.3 Å². The summed E-state index contributed by atoms with van der Waals surface area (Å²) in [5.74, 6) is -0.134. The topological polar surface area (TPSA) is 35.5 Å². The first-order valence-corrected chi connectivity index (χ1v) is 13.4. The van der Waals surface area contributed by atoms with Crippen LogP contribution in [-0.2, 0) is 0 Å². The van der Waals surface area contributed by atoms with E-state index in [9.17, 15) is 4.79 Å². The van der Waals surface area contributed by atoms with Crippen molar-refractivity contribution in [1.82, 2.24) is 0 Å². The normalized spacial score (nSPS) is 10.7. The van der Waals surface area contributed by atoms with Crippen LogP contribution in [0.3, 0.4) is 0 Å². The zero-order valence-corrected chi connectivity index (χ0v) is 22.3. The van der Waals surface area contributed by atoms with Gasteiger partial charge in [0.15, 0.2) is 28.9 Å². The Hall–Kier alpha value is -5.55. The maximum Gasteiger partial charge on any atom is 0.193 e. The highest BCUT2D eigenvalue weighted by atomic mass is 19.1. The molecule has 6 aromatic carbocycles. The molecular formula is C37H24F2O3. The summed E-state index contributed by atoms with van der Waals surface area (Å²) in [7, 11) is 0. The summed E-state index contributed by atoms with van der Waals surface area (Å²) in [4.78, 5) is 13.1. The van der Waals surface area contributed by atoms with Crippen molar-refractivity contribution >= 4 is 5.78 Å². The van der Waals surface area contributed by atoms with E-state index in [4.69, 9.17) is 9.47 Å². The number of hydrogen-bond donors (Lipinski definition) is 0. The van der Waals surface area contributed by atoms with Crippen molar-refractivity contribution in [2.75, 3.05) is 0 Å². The van der Waals surface area contributed by atoms with Gasteiger partial charge in [0.2, 0.25) is 0 Å². The van der Waals surface area contributed by atoms with Crippen LogP contribution in [0.2, 0.25) is 0 Å². The monoisotopic (exact) mass is 554 g/mol. The van der Waals surface area contributed by atoms with Crippen LogP contribution in [0.1, 0.15) is 15.9 Å². The summed E-state index contributed by atoms with van der Waals surface area (Å²) >= 11 is 0. The third kappa shape index (κ3) is 5.67. The average Bonchev–Trinajstić information content (AvgIpc) is 3.04. The number of halogens is 2. The molecule has 6 rings (SSSR count). The molecule has 0 saturated heterocycles. The molecule has 42 heavy (non-hydrogen) atoms. The predicted octanol–water partition coefficient (Wildman–Crippen LogP) is 10.1. The molecule has 0 aliphatic heterocycles. The second-order valence-electron chi connectivity index (χ2n) is 9.55. The summed E-state index contributed by atoms with van der Waals surface area (Å²) in [6, 6.07) is 41.5. The SMILES string of the molecule is O=C(c1ccc(Oc2cccc(-c3ccccc3)c2F)cc1)c1ccc(Oc2cccc(-c3ccccc3)c2F)cc1. The number of benzene rings is 6. The third-order valence-corrected chi connectivity index (χ3v) is 6.78. The molecule has 0 aliphatic carbocycles. The van der Waals surface area contributed by atoms with E-state index >= 15 is 8.78 Å². The van der Waals surface area contributed by atoms with E-state index in [0.29, 0.717) is 33.8 Å². The lowest BCUT2D eigenvalue weighted by Gasteiger charge is -2.11. The second-order valence-corrected chi connectivity index (χ2v) is 9.55. The summed E-state index contributed by atoms with van der Waals surface area (Å²) in [5, 5.41) is 0. The zero-order valence-electron chi connectivity index (χ0n) is 22.3. The Morgan fingerprint density at radius 1 is 0.429 bits per heavy atom. The lowest BCUT2D eigenvalue weighted by atomic mass is 10.0. The molecule has 3 nitrogen and oxygen atoms in total. The Labute approximate surface area is 242 Å². The van der Waals surface area contributed by atoms with Gasteiger partial charge in [-0.05, 0) is 71.8 Å². The molecule has 0 saturated carbocycles. The van der Waals surface area contributed by atoms with Crippen molar-refractivity contribution in [3.05, 3.63) is 168 Å². The van der Waals surface area contributed by atoms with Crippen LogP contribution in [0.5, 0.6) is 23.0 Å². The molecular weight excluding hydrogens is 530 g/mol. The van der Waals surface area contributed by atoms with E-state index in [1.165, 1.54) is 0 Å². The van der Waals surface area contributed by atoms with Crippen LogP contribution in [0.25, 0.3) is 22.3 Å². The zero-order chi connectivity index (χ0) is 28.9. The van der Waals surface area contributed by atoms with Crippen molar-refractivity contribution in [3.8, 4) is 45.3 Å². The Bertz CT molecular complexity index is 1700. The van der Waals surface area contributed by atoms with Gasteiger partial charge in [-0.1, -0.05) is 84.9 Å². The van der Waals surface area contributed by atoms with Gasteiger partial charge in [0.05, 0.1) is 0 Å². The third-order valence-electron chi connectivity index (χ3n) is 6.78. The summed E-state index contributed by atoms with van der Waals surface area (Å²) in [6.45, 7) is 0. The van der Waals surface area contributed by atoms with E-state index in [0.717, 1.165) is 11.1 Å². The Morgan fingerprint density at radius 2 is 0.810 bits per heavy atom. The summed E-state index contributed by atoms with van der Waals surface area (Å²) in [5.41, 5.74) is 3.28. The number of ether oxygens (including phenoxy) is 2. The molecule has 0 heterocycles. The first kappa shape index (κ1) is 26.7. The highest BCUT2D eigenvalue weighted by Gasteiger charge is 2.15. The van der Waals surface area contributed by atoms with Crippen molar-refractivity contribution in [2.45, 2.75) is 0 Å². The minimum Gasteiger partial charge on any atom is -0.454 e. The van der Waals surface area contributed by atoms with Crippen LogP contribution in [0, 0.1) is 11.6 Å². The number of ketones is 1. The first-order chi connectivity index (χ1) is 20.6. The Kier molecular flexibility index (Phi) is 7.56. The van der Waals surface area contributed by atoms with Gasteiger partial charge in [-0.2, -0.15) is 0 Å². The molecule has 6 aromatic rings. The minimum absolute atomic E-state index is 0.0942. The number of carbonyl (C=O) groups excluding carboxylic acids is 1. The molecule has 0 fully saturated rings. The molecule has 0 N–H and O–H groups in total. The van der Waals surface area contributed by atoms with Gasteiger partial charge >= 0.3 is 0 Å². The smallest absolute Gasteiger partial charge is 0.193 e. The number of carbonyl (C=O) groups is 1. The molecule has 204 valence electrons. The molecule has 0 radical (unpaired) electrons. The molecule has 0 amide bonds. The van der Waals surface area contributed by atoms with E-state index in [1.807, 2.05) is 60.7 Å². The molecule has 0 bridgehead atoms. The Morgan fingerprint density at radius 3 is 1.19 bits per heavy atom. The maximum absolute atomic E-state index is 15.2. The lowest BCUT2D eigenvalue weighted by Crippen LogP contribution is -2.01. The van der Waals surface area contributed by atoms with Crippen molar-refractivity contribution in [2.24, 2.45) is 0 Å². The Balaban J connectivity index is 1.14. The van der Waals surface area contributed by atoms with E-state index in [2.05, 4.69) is 0 Å². The summed E-state index contributed by atoms with van der Waals surface area (Å²) < 4.78 is 41.9. The van der Waals surface area contributed by atoms with Gasteiger partial charge in [0.1, 0.15) is 11.5 Å². The fourth-order valence-corrected chi connectivity index (χ4v) is 4.63. The average molecular weight is 555 g/mol. The van der Waals surface area contributed by atoms with Gasteiger partial charge in [-0.3, -0.25) is 4.79 Å². The van der Waals surface area contributed by atoms with E-state index in [1.54, 1.807) is 84.9 Å². The van der Waals surface area contributed by atoms with Crippen molar-refractivity contribution in [1.29, 1.82) is 0 Å². The van der Waals surface area contributed by atoms with Gasteiger partial charge in [0.25, 0.3) is 0 Å². The van der Waals surface area contributed by atoms with Crippen LogP contribution >= 0.6 is 0 Å². The second kappa shape index (κ2) is 11.9. The quantitative estimate of drug-likeness (QED) is 0.176. The molecule has 0 unspecified atom stereocenters. The molecule has 0 aromatic heterocycles. The fourth-order valence-electron chi connectivity index (χ4n) is 4.63. The standard InChI is InChI=1S/C37H24F2O3/c38-35-31(25-9-3-1-4-10-25)13-7-15-33(35)41-29-21-17-27(18-22-29)37(40)28-19-23-30(24-20-28)42-34-16-8-14-32(36(34)39)26-11-5-2-6-12-26/h1-24H. The van der Waals surface area contributed by atoms with Gasteiger partial charge < -0.3 is 9.47 Å². The van der Waals surface area contributed by atoms with Crippen molar-refractivity contribution in [3.63, 3.8) is 0 Å². The largest absolute Gasteiger partial charge is 0.454 e. The lowest BCUT2D eigenvalue weighted by molar-refractivity contribution is 0.103. The summed E-state index contributed by atoms with van der Waals surface area (Å²) in [6.07, 6.45) is 0. The van der Waals surface area contributed by atoms with Crippen LogP contribution in [0.4, 0.5) is 8.78 Å².